The molecule has 1 fully saturated rings. The molecule has 5 heteroatoms. The summed E-state index contributed by atoms with van der Waals surface area (Å²) in [6, 6.07) is 22.2. The summed E-state index contributed by atoms with van der Waals surface area (Å²) >= 11 is 0. The van der Waals surface area contributed by atoms with Crippen molar-refractivity contribution in [3.05, 3.63) is 77.9 Å². The quantitative estimate of drug-likeness (QED) is 0.618. The number of rotatable bonds is 6. The van der Waals surface area contributed by atoms with Gasteiger partial charge in [0, 0.05) is 37.4 Å². The van der Waals surface area contributed by atoms with Crippen molar-refractivity contribution in [3.63, 3.8) is 0 Å². The molecule has 3 aromatic carbocycles. The summed E-state index contributed by atoms with van der Waals surface area (Å²) in [5.41, 5.74) is 3.00. The van der Waals surface area contributed by atoms with Crippen LogP contribution in [0.15, 0.2) is 66.7 Å². The van der Waals surface area contributed by atoms with E-state index < -0.39 is 0 Å². The highest BCUT2D eigenvalue weighted by Gasteiger charge is 2.20. The summed E-state index contributed by atoms with van der Waals surface area (Å²) in [7, 11) is 0. The van der Waals surface area contributed by atoms with Crippen LogP contribution in [0.4, 0.5) is 5.69 Å². The number of fused-ring (bicyclic) bond motifs is 1. The second-order valence-electron chi connectivity index (χ2n) is 8.22. The molecule has 4 rings (SSSR count). The molecule has 1 aliphatic heterocycles. The van der Waals surface area contributed by atoms with Crippen molar-refractivity contribution in [2.24, 2.45) is 0 Å². The molecule has 31 heavy (non-hydrogen) atoms. The number of nitrogens with zero attached hydrogens (tertiary/aromatic N) is 2. The topological polar surface area (TPSA) is 52.7 Å². The number of ketones is 1. The van der Waals surface area contributed by atoms with Crippen LogP contribution in [0.2, 0.25) is 0 Å². The third-order valence-electron chi connectivity index (χ3n) is 6.05. The number of carbonyl (C=O) groups is 2. The van der Waals surface area contributed by atoms with Crippen LogP contribution >= 0.6 is 0 Å². The highest BCUT2D eigenvalue weighted by Crippen LogP contribution is 2.24. The van der Waals surface area contributed by atoms with E-state index in [4.69, 9.17) is 0 Å². The minimum absolute atomic E-state index is 0.0420. The second-order valence-corrected chi connectivity index (χ2v) is 8.22. The summed E-state index contributed by atoms with van der Waals surface area (Å²) in [6.45, 7) is 7.45. The lowest BCUT2D eigenvalue weighted by molar-refractivity contribution is -0.123. The van der Waals surface area contributed by atoms with Gasteiger partial charge in [-0.1, -0.05) is 42.5 Å². The van der Waals surface area contributed by atoms with Crippen LogP contribution in [0.1, 0.15) is 35.8 Å². The first-order valence-electron chi connectivity index (χ1n) is 10.9. The Balaban J connectivity index is 1.30. The molecule has 3 aromatic rings. The number of carbonyl (C=O) groups excluding carboxylic acids is 2. The molecule has 160 valence electrons. The Kier molecular flexibility index (Phi) is 6.33. The maximum atomic E-state index is 12.7. The fourth-order valence-electron chi connectivity index (χ4n) is 4.27. The van der Waals surface area contributed by atoms with Gasteiger partial charge >= 0.3 is 0 Å². The molecule has 5 nitrogen and oxygen atoms in total. The highest BCUT2D eigenvalue weighted by molar-refractivity contribution is 5.94. The molecule has 0 unspecified atom stereocenters. The number of piperazine rings is 1. The number of benzene rings is 3. The molecule has 1 N–H and O–H groups in total. The van der Waals surface area contributed by atoms with Crippen molar-refractivity contribution in [1.82, 2.24) is 10.2 Å². The first-order chi connectivity index (χ1) is 15.0. The average Bonchev–Trinajstić information content (AvgIpc) is 2.79. The van der Waals surface area contributed by atoms with Crippen molar-refractivity contribution < 1.29 is 9.59 Å². The van der Waals surface area contributed by atoms with Gasteiger partial charge in [0.2, 0.25) is 5.91 Å². The number of Topliss-reactive ketones (excluding diaryl/α,β-unsaturated/α-hetero) is 1. The van der Waals surface area contributed by atoms with Crippen LogP contribution in [0.25, 0.3) is 10.8 Å². The van der Waals surface area contributed by atoms with E-state index in [-0.39, 0.29) is 17.7 Å². The monoisotopic (exact) mass is 415 g/mol. The van der Waals surface area contributed by atoms with Gasteiger partial charge in [-0.3, -0.25) is 14.5 Å². The molecular formula is C26H29N3O2. The molecule has 0 radical (unpaired) electrons. The SMILES string of the molecule is CC(=O)c1ccc(N2CCN(CC(=O)N[C@@H](C)c3cccc4ccccc34)CC2)cc1. The fraction of sp³-hybridized carbons (Fsp3) is 0.308. The van der Waals surface area contributed by atoms with Crippen LogP contribution in [-0.2, 0) is 4.79 Å². The lowest BCUT2D eigenvalue weighted by Crippen LogP contribution is -2.49. The first kappa shape index (κ1) is 21.1. The number of hydrogen-bond donors (Lipinski definition) is 1. The molecule has 1 amide bonds. The molecular weight excluding hydrogens is 386 g/mol. The molecule has 0 spiro atoms. The Morgan fingerprint density at radius 2 is 1.58 bits per heavy atom. The molecule has 1 heterocycles. The van der Waals surface area contributed by atoms with Gasteiger partial charge in [-0.05, 0) is 54.4 Å². The Bertz CT molecular complexity index is 1060. The van der Waals surface area contributed by atoms with Crippen LogP contribution in [-0.4, -0.2) is 49.3 Å². The maximum absolute atomic E-state index is 12.7. The predicted octanol–water partition coefficient (Wildman–Crippen LogP) is 4.04. The Hall–Kier alpha value is -3.18. The molecule has 1 aliphatic rings. The minimum atomic E-state index is -0.0420. The van der Waals surface area contributed by atoms with Crippen LogP contribution in [0.5, 0.6) is 0 Å². The summed E-state index contributed by atoms with van der Waals surface area (Å²) in [5.74, 6) is 0.139. The van der Waals surface area contributed by atoms with Gasteiger partial charge in [0.25, 0.3) is 0 Å². The summed E-state index contributed by atoms with van der Waals surface area (Å²) in [5, 5.41) is 5.54. The lowest BCUT2D eigenvalue weighted by Gasteiger charge is -2.36. The van der Waals surface area contributed by atoms with Gasteiger partial charge in [0.1, 0.15) is 0 Å². The Morgan fingerprint density at radius 1 is 0.903 bits per heavy atom. The van der Waals surface area contributed by atoms with Gasteiger partial charge in [0.05, 0.1) is 12.6 Å². The maximum Gasteiger partial charge on any atom is 0.234 e. The Labute approximate surface area is 183 Å². The number of anilines is 1. The highest BCUT2D eigenvalue weighted by atomic mass is 16.2. The number of nitrogens with one attached hydrogen (secondary N) is 1. The van der Waals surface area contributed by atoms with E-state index >= 15 is 0 Å². The van der Waals surface area contributed by atoms with E-state index in [0.717, 1.165) is 43.0 Å². The zero-order valence-corrected chi connectivity index (χ0v) is 18.2. The zero-order chi connectivity index (χ0) is 21.8. The predicted molar refractivity (Wildman–Crippen MR) is 126 cm³/mol. The standard InChI is InChI=1S/C26H29N3O2/c1-19(24-9-5-7-22-6-3-4-8-25(22)24)27-26(31)18-28-14-16-29(17-15-28)23-12-10-21(11-13-23)20(2)30/h3-13,19H,14-18H2,1-2H3,(H,27,31)/t19-/m0/s1. The third kappa shape index (κ3) is 4.94. The Morgan fingerprint density at radius 3 is 2.29 bits per heavy atom. The fourth-order valence-corrected chi connectivity index (χ4v) is 4.27. The van der Waals surface area contributed by atoms with E-state index in [2.05, 4.69) is 39.4 Å². The largest absolute Gasteiger partial charge is 0.369 e. The normalized spacial score (nSPS) is 15.6. The molecule has 1 saturated heterocycles. The van der Waals surface area contributed by atoms with E-state index in [9.17, 15) is 9.59 Å². The van der Waals surface area contributed by atoms with Crippen molar-refractivity contribution in [2.45, 2.75) is 19.9 Å². The van der Waals surface area contributed by atoms with Crippen molar-refractivity contribution in [2.75, 3.05) is 37.6 Å². The van der Waals surface area contributed by atoms with E-state index in [0.29, 0.717) is 6.54 Å². The van der Waals surface area contributed by atoms with Gasteiger partial charge in [-0.15, -0.1) is 0 Å². The summed E-state index contributed by atoms with van der Waals surface area (Å²) < 4.78 is 0. The van der Waals surface area contributed by atoms with E-state index in [1.807, 2.05) is 49.4 Å². The van der Waals surface area contributed by atoms with Gasteiger partial charge in [-0.2, -0.15) is 0 Å². The van der Waals surface area contributed by atoms with Gasteiger partial charge < -0.3 is 10.2 Å². The van der Waals surface area contributed by atoms with Crippen molar-refractivity contribution in [1.29, 1.82) is 0 Å². The molecule has 1 atom stereocenters. The van der Waals surface area contributed by atoms with Crippen molar-refractivity contribution >= 4 is 28.2 Å². The van der Waals surface area contributed by atoms with Crippen LogP contribution < -0.4 is 10.2 Å². The molecule has 0 saturated carbocycles. The number of amides is 1. The summed E-state index contributed by atoms with van der Waals surface area (Å²) in [4.78, 5) is 28.6. The van der Waals surface area contributed by atoms with Crippen LogP contribution in [0.3, 0.4) is 0 Å². The van der Waals surface area contributed by atoms with Gasteiger partial charge in [-0.25, -0.2) is 0 Å². The van der Waals surface area contributed by atoms with Gasteiger partial charge in [0.15, 0.2) is 5.78 Å². The first-order valence-corrected chi connectivity index (χ1v) is 10.9. The second kappa shape index (κ2) is 9.31. The van der Waals surface area contributed by atoms with Crippen molar-refractivity contribution in [3.8, 4) is 0 Å². The lowest BCUT2D eigenvalue weighted by atomic mass is 10.00. The smallest absolute Gasteiger partial charge is 0.234 e. The zero-order valence-electron chi connectivity index (χ0n) is 18.2. The third-order valence-corrected chi connectivity index (χ3v) is 6.05. The molecule has 0 aromatic heterocycles. The minimum Gasteiger partial charge on any atom is -0.369 e. The molecule has 0 aliphatic carbocycles. The summed E-state index contributed by atoms with van der Waals surface area (Å²) in [6.07, 6.45) is 0. The van der Waals surface area contributed by atoms with E-state index in [1.54, 1.807) is 6.92 Å². The van der Waals surface area contributed by atoms with E-state index in [1.165, 1.54) is 10.8 Å². The van der Waals surface area contributed by atoms with Crippen LogP contribution in [0, 0.1) is 0 Å². The number of hydrogen-bond acceptors (Lipinski definition) is 4. The average molecular weight is 416 g/mol. The molecule has 0 bridgehead atoms.